The molecule has 0 radical (unpaired) electrons. The Hall–Kier alpha value is -2.08. The Kier molecular flexibility index (Phi) is 4.24. The zero-order valence-corrected chi connectivity index (χ0v) is 11.3. The number of ether oxygens (including phenoxy) is 2. The van der Waals surface area contributed by atoms with Gasteiger partial charge < -0.3 is 20.5 Å². The SMILES string of the molecule is COC(=O)COc1cccc(CNC(=O)C2(N)CC2)c1. The highest BCUT2D eigenvalue weighted by molar-refractivity contribution is 5.88. The van der Waals surface area contributed by atoms with E-state index < -0.39 is 11.5 Å². The quantitative estimate of drug-likeness (QED) is 0.733. The highest BCUT2D eigenvalue weighted by atomic mass is 16.6. The molecule has 0 aliphatic heterocycles. The summed E-state index contributed by atoms with van der Waals surface area (Å²) in [5.74, 6) is -0.0167. The molecule has 3 N–H and O–H groups in total. The van der Waals surface area contributed by atoms with Crippen molar-refractivity contribution < 1.29 is 19.1 Å². The number of nitrogens with two attached hydrogens (primary N) is 1. The Morgan fingerprint density at radius 3 is 2.80 bits per heavy atom. The van der Waals surface area contributed by atoms with Crippen molar-refractivity contribution in [2.45, 2.75) is 24.9 Å². The molecule has 1 saturated carbocycles. The predicted octanol–water partition coefficient (Wildman–Crippen LogP) is 0.346. The lowest BCUT2D eigenvalue weighted by Gasteiger charge is -2.11. The number of nitrogens with one attached hydrogen (secondary N) is 1. The fourth-order valence-corrected chi connectivity index (χ4v) is 1.67. The van der Waals surface area contributed by atoms with Gasteiger partial charge >= 0.3 is 5.97 Å². The summed E-state index contributed by atoms with van der Waals surface area (Å²) in [5, 5.41) is 2.79. The molecule has 1 fully saturated rings. The Labute approximate surface area is 117 Å². The zero-order valence-electron chi connectivity index (χ0n) is 11.3. The van der Waals surface area contributed by atoms with Gasteiger partial charge in [-0.1, -0.05) is 12.1 Å². The van der Waals surface area contributed by atoms with Gasteiger partial charge in [0.2, 0.25) is 5.91 Å². The lowest BCUT2D eigenvalue weighted by Crippen LogP contribution is -2.42. The van der Waals surface area contributed by atoms with Crippen LogP contribution in [0.1, 0.15) is 18.4 Å². The molecule has 0 unspecified atom stereocenters. The van der Waals surface area contributed by atoms with E-state index in [-0.39, 0.29) is 12.5 Å². The van der Waals surface area contributed by atoms with E-state index in [1.807, 2.05) is 6.07 Å². The van der Waals surface area contributed by atoms with E-state index in [1.54, 1.807) is 18.2 Å². The summed E-state index contributed by atoms with van der Waals surface area (Å²) in [6, 6.07) is 7.16. The van der Waals surface area contributed by atoms with E-state index in [4.69, 9.17) is 10.5 Å². The molecule has 0 aromatic heterocycles. The summed E-state index contributed by atoms with van der Waals surface area (Å²) in [5.41, 5.74) is 6.00. The Morgan fingerprint density at radius 1 is 1.40 bits per heavy atom. The number of hydrogen-bond donors (Lipinski definition) is 2. The summed E-state index contributed by atoms with van der Waals surface area (Å²) >= 11 is 0. The van der Waals surface area contributed by atoms with Gasteiger partial charge in [-0.15, -0.1) is 0 Å². The van der Waals surface area contributed by atoms with Crippen LogP contribution in [-0.4, -0.2) is 31.1 Å². The third-order valence-electron chi connectivity index (χ3n) is 3.18. The van der Waals surface area contributed by atoms with Crippen LogP contribution in [0.15, 0.2) is 24.3 Å². The van der Waals surface area contributed by atoms with E-state index in [0.717, 1.165) is 18.4 Å². The van der Waals surface area contributed by atoms with E-state index in [0.29, 0.717) is 12.3 Å². The van der Waals surface area contributed by atoms with Crippen LogP contribution < -0.4 is 15.8 Å². The first-order valence-corrected chi connectivity index (χ1v) is 6.39. The average Bonchev–Trinajstić information content (AvgIpc) is 3.21. The number of hydrogen-bond acceptors (Lipinski definition) is 5. The predicted molar refractivity (Wildman–Crippen MR) is 72.0 cm³/mol. The van der Waals surface area contributed by atoms with E-state index in [1.165, 1.54) is 7.11 Å². The van der Waals surface area contributed by atoms with Gasteiger partial charge in [-0.3, -0.25) is 4.79 Å². The normalized spacial score (nSPS) is 15.3. The van der Waals surface area contributed by atoms with Crippen molar-refractivity contribution in [2.24, 2.45) is 5.73 Å². The van der Waals surface area contributed by atoms with Crippen LogP contribution >= 0.6 is 0 Å². The Balaban J connectivity index is 1.85. The maximum Gasteiger partial charge on any atom is 0.343 e. The summed E-state index contributed by atoms with van der Waals surface area (Å²) < 4.78 is 9.76. The first kappa shape index (κ1) is 14.3. The summed E-state index contributed by atoms with van der Waals surface area (Å²) in [4.78, 5) is 22.7. The molecule has 0 bridgehead atoms. The minimum absolute atomic E-state index is 0.126. The van der Waals surface area contributed by atoms with Gasteiger partial charge in [-0.2, -0.15) is 0 Å². The zero-order chi connectivity index (χ0) is 14.6. The van der Waals surface area contributed by atoms with Crippen LogP contribution in [0.4, 0.5) is 0 Å². The number of benzene rings is 1. The third-order valence-corrected chi connectivity index (χ3v) is 3.18. The van der Waals surface area contributed by atoms with Crippen molar-refractivity contribution in [2.75, 3.05) is 13.7 Å². The molecule has 1 aromatic rings. The second kappa shape index (κ2) is 5.92. The van der Waals surface area contributed by atoms with Crippen molar-refractivity contribution in [3.63, 3.8) is 0 Å². The van der Waals surface area contributed by atoms with Crippen LogP contribution in [0, 0.1) is 0 Å². The monoisotopic (exact) mass is 278 g/mol. The first-order chi connectivity index (χ1) is 9.53. The molecule has 0 heterocycles. The van der Waals surface area contributed by atoms with E-state index in [2.05, 4.69) is 10.1 Å². The minimum atomic E-state index is -0.668. The van der Waals surface area contributed by atoms with Crippen molar-refractivity contribution in [1.82, 2.24) is 5.32 Å². The number of methoxy groups -OCH3 is 1. The van der Waals surface area contributed by atoms with Gasteiger partial charge in [0.1, 0.15) is 5.75 Å². The molecular formula is C14H18N2O4. The standard InChI is InChI=1S/C14H18N2O4/c1-19-12(17)9-20-11-4-2-3-10(7-11)8-16-13(18)14(15)5-6-14/h2-4,7H,5-6,8-9,15H2,1H3,(H,16,18). The summed E-state index contributed by atoms with van der Waals surface area (Å²) in [7, 11) is 1.30. The van der Waals surface area contributed by atoms with Gasteiger partial charge in [0, 0.05) is 6.54 Å². The largest absolute Gasteiger partial charge is 0.482 e. The fraction of sp³-hybridized carbons (Fsp3) is 0.429. The first-order valence-electron chi connectivity index (χ1n) is 6.39. The molecule has 6 heteroatoms. The molecule has 1 amide bonds. The topological polar surface area (TPSA) is 90.6 Å². The second-order valence-corrected chi connectivity index (χ2v) is 4.85. The number of rotatable bonds is 6. The number of amides is 1. The lowest BCUT2D eigenvalue weighted by molar-refractivity contribution is -0.142. The van der Waals surface area contributed by atoms with E-state index in [9.17, 15) is 9.59 Å². The Bertz CT molecular complexity index is 512. The van der Waals surface area contributed by atoms with Gasteiger partial charge in [0.15, 0.2) is 6.61 Å². The molecule has 1 aliphatic carbocycles. The number of esters is 1. The smallest absolute Gasteiger partial charge is 0.343 e. The lowest BCUT2D eigenvalue weighted by atomic mass is 10.2. The van der Waals surface area contributed by atoms with Crippen LogP contribution in [0.2, 0.25) is 0 Å². The average molecular weight is 278 g/mol. The molecule has 1 aliphatic rings. The molecule has 0 atom stereocenters. The highest BCUT2D eigenvalue weighted by Crippen LogP contribution is 2.32. The third kappa shape index (κ3) is 3.71. The van der Waals surface area contributed by atoms with E-state index >= 15 is 0 Å². The van der Waals surface area contributed by atoms with Crippen LogP contribution in [0.25, 0.3) is 0 Å². The number of carbonyl (C=O) groups excluding carboxylic acids is 2. The molecule has 0 saturated heterocycles. The van der Waals surface area contributed by atoms with Gasteiger partial charge in [-0.05, 0) is 30.5 Å². The highest BCUT2D eigenvalue weighted by Gasteiger charge is 2.45. The molecular weight excluding hydrogens is 260 g/mol. The van der Waals surface area contributed by atoms with Crippen LogP contribution in [-0.2, 0) is 20.9 Å². The Morgan fingerprint density at radius 2 is 2.15 bits per heavy atom. The molecule has 20 heavy (non-hydrogen) atoms. The summed E-state index contributed by atoms with van der Waals surface area (Å²) in [6.45, 7) is 0.241. The number of carbonyl (C=O) groups is 2. The fourth-order valence-electron chi connectivity index (χ4n) is 1.67. The summed E-state index contributed by atoms with van der Waals surface area (Å²) in [6.07, 6.45) is 1.47. The minimum Gasteiger partial charge on any atom is -0.482 e. The molecule has 108 valence electrons. The van der Waals surface area contributed by atoms with Crippen molar-refractivity contribution >= 4 is 11.9 Å². The van der Waals surface area contributed by atoms with Crippen molar-refractivity contribution in [3.05, 3.63) is 29.8 Å². The van der Waals surface area contributed by atoms with Crippen LogP contribution in [0.3, 0.4) is 0 Å². The molecule has 2 rings (SSSR count). The van der Waals surface area contributed by atoms with Crippen LogP contribution in [0.5, 0.6) is 5.75 Å². The molecule has 1 aromatic carbocycles. The van der Waals surface area contributed by atoms with Gasteiger partial charge in [0.05, 0.1) is 12.6 Å². The maximum absolute atomic E-state index is 11.7. The molecule has 0 spiro atoms. The van der Waals surface area contributed by atoms with Gasteiger partial charge in [-0.25, -0.2) is 4.79 Å². The molecule has 6 nitrogen and oxygen atoms in total. The van der Waals surface area contributed by atoms with Crippen molar-refractivity contribution in [1.29, 1.82) is 0 Å². The van der Waals surface area contributed by atoms with Crippen molar-refractivity contribution in [3.8, 4) is 5.75 Å². The maximum atomic E-state index is 11.7. The van der Waals surface area contributed by atoms with Gasteiger partial charge in [0.25, 0.3) is 0 Å². The second-order valence-electron chi connectivity index (χ2n) is 4.85.